The first-order valence-electron chi connectivity index (χ1n) is 10.6. The van der Waals surface area contributed by atoms with E-state index in [4.69, 9.17) is 4.98 Å². The van der Waals surface area contributed by atoms with Crippen LogP contribution in [0.3, 0.4) is 0 Å². The number of hydrogen-bond donors (Lipinski definition) is 0. The summed E-state index contributed by atoms with van der Waals surface area (Å²) in [5.41, 5.74) is 2.78. The van der Waals surface area contributed by atoms with Gasteiger partial charge in [0, 0.05) is 11.6 Å². The summed E-state index contributed by atoms with van der Waals surface area (Å²) in [5, 5.41) is 2.44. The Morgan fingerprint density at radius 3 is 2.17 bits per heavy atom. The first kappa shape index (κ1) is 17.6. The normalized spacial score (nSPS) is 29.5. The number of carbonyl (C=O) groups excluding carboxylic acids is 1. The number of fused-ring (bicyclic) bond motifs is 2. The molecule has 7 rings (SSSR count). The monoisotopic (exact) mass is 389 g/mol. The van der Waals surface area contributed by atoms with Crippen molar-refractivity contribution in [3.05, 3.63) is 114 Å². The second-order valence-electron chi connectivity index (χ2n) is 9.13. The Kier molecular flexibility index (Phi) is 3.59. The molecule has 4 aromatic rings. The topological polar surface area (TPSA) is 30.0 Å². The van der Waals surface area contributed by atoms with Gasteiger partial charge in [0.05, 0.1) is 11.1 Å². The molecule has 1 aromatic heterocycles. The van der Waals surface area contributed by atoms with E-state index in [0.717, 1.165) is 25.0 Å². The summed E-state index contributed by atoms with van der Waals surface area (Å²) in [5.74, 6) is 0. The summed E-state index contributed by atoms with van der Waals surface area (Å²) < 4.78 is 0. The Balaban J connectivity index is 1.61. The van der Waals surface area contributed by atoms with Gasteiger partial charge in [-0.2, -0.15) is 0 Å². The molecule has 30 heavy (non-hydrogen) atoms. The number of aromatic nitrogens is 1. The van der Waals surface area contributed by atoms with Crippen molar-refractivity contribution in [2.24, 2.45) is 5.41 Å². The molecule has 0 aliphatic heterocycles. The third kappa shape index (κ3) is 2.14. The maximum absolute atomic E-state index is 12.7. The van der Waals surface area contributed by atoms with Gasteiger partial charge in [-0.15, -0.1) is 0 Å². The molecule has 146 valence electrons. The van der Waals surface area contributed by atoms with E-state index in [-0.39, 0.29) is 5.41 Å². The molecule has 1 heterocycles. The minimum atomic E-state index is -0.417. The third-order valence-electron chi connectivity index (χ3n) is 7.72. The molecule has 0 spiro atoms. The van der Waals surface area contributed by atoms with E-state index in [9.17, 15) is 4.79 Å². The van der Waals surface area contributed by atoms with Crippen LogP contribution in [0.15, 0.2) is 97.2 Å². The average Bonchev–Trinajstić information content (AvgIpc) is 3.28. The second-order valence-corrected chi connectivity index (χ2v) is 9.13. The van der Waals surface area contributed by atoms with Crippen molar-refractivity contribution in [1.82, 2.24) is 4.98 Å². The van der Waals surface area contributed by atoms with Gasteiger partial charge in [-0.1, -0.05) is 78.9 Å². The molecule has 3 aliphatic rings. The molecule has 0 saturated heterocycles. The van der Waals surface area contributed by atoms with E-state index in [0.29, 0.717) is 0 Å². The lowest BCUT2D eigenvalue weighted by molar-refractivity contribution is -0.122. The number of pyridine rings is 1. The van der Waals surface area contributed by atoms with Crippen molar-refractivity contribution in [3.63, 3.8) is 0 Å². The van der Waals surface area contributed by atoms with Crippen LogP contribution in [0.25, 0.3) is 10.8 Å². The van der Waals surface area contributed by atoms with Gasteiger partial charge in [-0.25, -0.2) is 0 Å². The molecular formula is C28H23NO. The SMILES string of the molecule is O=CC12CC(c3ccccc3)(C1)CC2(c1ccc2ccccc2c1)c1ccccn1. The van der Waals surface area contributed by atoms with Crippen molar-refractivity contribution in [2.45, 2.75) is 30.1 Å². The zero-order chi connectivity index (χ0) is 20.2. The van der Waals surface area contributed by atoms with Crippen LogP contribution >= 0.6 is 0 Å². The molecule has 3 fully saturated rings. The summed E-state index contributed by atoms with van der Waals surface area (Å²) in [6.07, 6.45) is 5.79. The van der Waals surface area contributed by atoms with Crippen molar-refractivity contribution < 1.29 is 4.79 Å². The molecule has 2 heteroatoms. The van der Waals surface area contributed by atoms with E-state index in [1.54, 1.807) is 0 Å². The Hall–Kier alpha value is -3.26. The van der Waals surface area contributed by atoms with Gasteiger partial charge >= 0.3 is 0 Å². The van der Waals surface area contributed by atoms with Crippen LogP contribution in [0.5, 0.6) is 0 Å². The first-order valence-corrected chi connectivity index (χ1v) is 10.6. The zero-order valence-corrected chi connectivity index (χ0v) is 16.8. The predicted octanol–water partition coefficient (Wildman–Crippen LogP) is 5.84. The van der Waals surface area contributed by atoms with Crippen molar-refractivity contribution in [1.29, 1.82) is 0 Å². The number of benzene rings is 3. The summed E-state index contributed by atoms with van der Waals surface area (Å²) in [6.45, 7) is 0. The number of hydrogen-bond acceptors (Lipinski definition) is 2. The summed E-state index contributed by atoms with van der Waals surface area (Å²) in [6, 6.07) is 32.0. The molecule has 3 aliphatic carbocycles. The van der Waals surface area contributed by atoms with Gasteiger partial charge in [0.25, 0.3) is 0 Å². The minimum absolute atomic E-state index is 0.0331. The first-order chi connectivity index (χ1) is 14.7. The number of aldehydes is 1. The molecule has 0 amide bonds. The molecule has 1 unspecified atom stereocenters. The lowest BCUT2D eigenvalue weighted by atomic mass is 9.53. The van der Waals surface area contributed by atoms with E-state index in [2.05, 4.69) is 84.9 Å². The van der Waals surface area contributed by atoms with Crippen LogP contribution in [-0.2, 0) is 15.6 Å². The largest absolute Gasteiger partial charge is 0.303 e. The lowest BCUT2D eigenvalue weighted by Gasteiger charge is -2.48. The average molecular weight is 389 g/mol. The molecule has 2 nitrogen and oxygen atoms in total. The highest BCUT2D eigenvalue weighted by molar-refractivity contribution is 5.84. The summed E-state index contributed by atoms with van der Waals surface area (Å²) >= 11 is 0. The number of rotatable bonds is 4. The fraction of sp³-hybridized carbons (Fsp3) is 0.214. The van der Waals surface area contributed by atoms with Crippen LogP contribution < -0.4 is 0 Å². The van der Waals surface area contributed by atoms with Gasteiger partial charge in [-0.05, 0) is 58.7 Å². The maximum Gasteiger partial charge on any atom is 0.127 e. The van der Waals surface area contributed by atoms with Crippen molar-refractivity contribution in [2.75, 3.05) is 0 Å². The highest BCUT2D eigenvalue weighted by atomic mass is 16.1. The Bertz CT molecular complexity index is 1240. The summed E-state index contributed by atoms with van der Waals surface area (Å²) in [4.78, 5) is 17.6. The van der Waals surface area contributed by atoms with Gasteiger partial charge in [0.2, 0.25) is 0 Å². The van der Waals surface area contributed by atoms with Crippen molar-refractivity contribution >= 4 is 17.1 Å². The zero-order valence-electron chi connectivity index (χ0n) is 16.8. The Morgan fingerprint density at radius 2 is 1.43 bits per heavy atom. The van der Waals surface area contributed by atoms with Gasteiger partial charge < -0.3 is 4.79 Å². The Labute approximate surface area is 176 Å². The fourth-order valence-electron chi connectivity index (χ4n) is 6.50. The molecule has 3 saturated carbocycles. The van der Waals surface area contributed by atoms with Crippen LogP contribution in [0.4, 0.5) is 0 Å². The molecule has 3 aromatic carbocycles. The van der Waals surface area contributed by atoms with Crippen LogP contribution in [0, 0.1) is 5.41 Å². The quantitative estimate of drug-likeness (QED) is 0.410. The van der Waals surface area contributed by atoms with E-state index < -0.39 is 10.8 Å². The second kappa shape index (κ2) is 6.12. The van der Waals surface area contributed by atoms with Crippen molar-refractivity contribution in [3.8, 4) is 0 Å². The smallest absolute Gasteiger partial charge is 0.127 e. The van der Waals surface area contributed by atoms with Crippen LogP contribution in [-0.4, -0.2) is 11.3 Å². The Morgan fingerprint density at radius 1 is 0.700 bits per heavy atom. The summed E-state index contributed by atoms with van der Waals surface area (Å²) in [7, 11) is 0. The number of nitrogens with zero attached hydrogens (tertiary/aromatic N) is 1. The molecule has 0 radical (unpaired) electrons. The van der Waals surface area contributed by atoms with E-state index in [1.807, 2.05) is 12.3 Å². The van der Waals surface area contributed by atoms with Crippen LogP contribution in [0.1, 0.15) is 36.1 Å². The lowest BCUT2D eigenvalue weighted by Crippen LogP contribution is -2.49. The predicted molar refractivity (Wildman–Crippen MR) is 119 cm³/mol. The highest BCUT2D eigenvalue weighted by Gasteiger charge is 2.75. The third-order valence-corrected chi connectivity index (χ3v) is 7.72. The van der Waals surface area contributed by atoms with Gasteiger partial charge in [0.1, 0.15) is 6.29 Å². The van der Waals surface area contributed by atoms with Gasteiger partial charge in [0.15, 0.2) is 0 Å². The standard InChI is InChI=1S/C28H23NO/c30-20-27-17-26(18-27,23-10-2-1-3-11-23)19-28(27,25-12-6-7-15-29-25)24-14-13-21-8-4-5-9-22(21)16-24/h1-16,20H,17-19H2. The van der Waals surface area contributed by atoms with Gasteiger partial charge in [-0.3, -0.25) is 4.98 Å². The highest BCUT2D eigenvalue weighted by Crippen LogP contribution is 2.76. The maximum atomic E-state index is 12.7. The number of carbonyl (C=O) groups is 1. The van der Waals surface area contributed by atoms with E-state index >= 15 is 0 Å². The molecule has 0 N–H and O–H groups in total. The molecular weight excluding hydrogens is 366 g/mol. The minimum Gasteiger partial charge on any atom is -0.303 e. The van der Waals surface area contributed by atoms with E-state index in [1.165, 1.54) is 28.2 Å². The fourth-order valence-corrected chi connectivity index (χ4v) is 6.50. The van der Waals surface area contributed by atoms with Crippen LogP contribution in [0.2, 0.25) is 0 Å². The molecule has 1 atom stereocenters. The molecule has 2 bridgehead atoms.